The van der Waals surface area contributed by atoms with E-state index in [1.807, 2.05) is 0 Å². The topological polar surface area (TPSA) is 20.2 Å². The van der Waals surface area contributed by atoms with E-state index in [9.17, 15) is 26.3 Å². The van der Waals surface area contributed by atoms with E-state index < -0.39 is 24.4 Å². The van der Waals surface area contributed by atoms with Crippen LogP contribution in [-0.4, -0.2) is 23.1 Å². The summed E-state index contributed by atoms with van der Waals surface area (Å²) in [6, 6.07) is 0. The van der Waals surface area contributed by atoms with Crippen LogP contribution in [0.3, 0.4) is 0 Å². The summed E-state index contributed by atoms with van der Waals surface area (Å²) in [5.74, 6) is 0. The van der Waals surface area contributed by atoms with E-state index in [-0.39, 0.29) is 40.1 Å². The summed E-state index contributed by atoms with van der Waals surface area (Å²) in [7, 11) is 0. The third-order valence-corrected chi connectivity index (χ3v) is 1.45. The van der Waals surface area contributed by atoms with Crippen LogP contribution in [0, 0.1) is 7.43 Å². The molecule has 0 spiro atoms. The van der Waals surface area contributed by atoms with Crippen LogP contribution in [0.15, 0.2) is 0 Å². The number of rotatable bonds is 1. The molecule has 0 unspecified atom stereocenters. The maximum atomic E-state index is 11.6. The third kappa shape index (κ3) is 3.66. The summed E-state index contributed by atoms with van der Waals surface area (Å²) >= 11 is 0. The SMILES string of the molecule is CCC(O)(C(F)(F)F)C(F)(F)F.[CH3-].[Y]. The van der Waals surface area contributed by atoms with Crippen LogP contribution in [0.5, 0.6) is 0 Å². The molecule has 1 radical (unpaired) electrons. The Labute approximate surface area is 103 Å². The normalized spacial score (nSPS) is 12.9. The largest absolute Gasteiger partial charge is 0.426 e. The monoisotopic (exact) mass is 300 g/mol. The minimum Gasteiger partial charge on any atom is -0.374 e. The summed E-state index contributed by atoms with van der Waals surface area (Å²) in [5.41, 5.74) is -4.58. The van der Waals surface area contributed by atoms with Crippen molar-refractivity contribution in [3.63, 3.8) is 0 Å². The maximum Gasteiger partial charge on any atom is 0.426 e. The van der Waals surface area contributed by atoms with Crippen molar-refractivity contribution in [2.45, 2.75) is 31.3 Å². The van der Waals surface area contributed by atoms with Gasteiger partial charge in [0.2, 0.25) is 0 Å². The molecule has 1 nitrogen and oxygen atoms in total. The van der Waals surface area contributed by atoms with Crippen LogP contribution in [0.25, 0.3) is 0 Å². The van der Waals surface area contributed by atoms with Gasteiger partial charge in [-0.1, -0.05) is 6.92 Å². The van der Waals surface area contributed by atoms with Gasteiger partial charge in [-0.05, 0) is 6.42 Å². The van der Waals surface area contributed by atoms with Crippen molar-refractivity contribution in [2.75, 3.05) is 0 Å². The number of aliphatic hydroxyl groups is 1. The molecule has 0 bridgehead atoms. The van der Waals surface area contributed by atoms with E-state index in [0.717, 1.165) is 0 Å². The second kappa shape index (κ2) is 5.65. The van der Waals surface area contributed by atoms with Gasteiger partial charge >= 0.3 is 12.4 Å². The summed E-state index contributed by atoms with van der Waals surface area (Å²) in [6.45, 7) is 0.612. The molecular formula is C6H9F6OY-. The number of hydrogen-bond acceptors (Lipinski definition) is 1. The number of hydrogen-bond donors (Lipinski definition) is 1. The molecule has 0 heterocycles. The molecule has 0 atom stereocenters. The zero-order chi connectivity index (χ0) is 10.2. The van der Waals surface area contributed by atoms with E-state index in [4.69, 9.17) is 5.11 Å². The fourth-order valence-electron chi connectivity index (χ4n) is 0.562. The zero-order valence-corrected chi connectivity index (χ0v) is 10.3. The van der Waals surface area contributed by atoms with E-state index in [0.29, 0.717) is 6.92 Å². The Bertz CT molecular complexity index is 149. The maximum absolute atomic E-state index is 11.6. The summed E-state index contributed by atoms with van der Waals surface area (Å²) in [5, 5.41) is 8.24. The molecule has 0 saturated heterocycles. The first-order valence-electron chi connectivity index (χ1n) is 2.92. The molecule has 14 heavy (non-hydrogen) atoms. The molecule has 0 fully saturated rings. The fraction of sp³-hybridized carbons (Fsp3) is 0.833. The van der Waals surface area contributed by atoms with Gasteiger partial charge in [0.05, 0.1) is 0 Å². The first-order valence-corrected chi connectivity index (χ1v) is 2.92. The van der Waals surface area contributed by atoms with Crippen molar-refractivity contribution in [2.24, 2.45) is 0 Å². The predicted molar refractivity (Wildman–Crippen MR) is 33.8 cm³/mol. The smallest absolute Gasteiger partial charge is 0.374 e. The van der Waals surface area contributed by atoms with Gasteiger partial charge in [-0.3, -0.25) is 0 Å². The van der Waals surface area contributed by atoms with Gasteiger partial charge in [-0.2, -0.15) is 26.3 Å². The van der Waals surface area contributed by atoms with Crippen LogP contribution in [0.2, 0.25) is 0 Å². The average molecular weight is 300 g/mol. The number of halogens is 6. The third-order valence-electron chi connectivity index (χ3n) is 1.45. The summed E-state index contributed by atoms with van der Waals surface area (Å²) < 4.78 is 69.8. The number of alkyl halides is 6. The van der Waals surface area contributed by atoms with E-state index in [2.05, 4.69) is 0 Å². The predicted octanol–water partition coefficient (Wildman–Crippen LogP) is 2.70. The average Bonchev–Trinajstić information content (AvgIpc) is 1.81. The molecule has 0 aromatic rings. The van der Waals surface area contributed by atoms with Gasteiger partial charge in [0, 0.05) is 32.7 Å². The van der Waals surface area contributed by atoms with E-state index in [1.54, 1.807) is 0 Å². The van der Waals surface area contributed by atoms with Crippen LogP contribution in [0.4, 0.5) is 26.3 Å². The van der Waals surface area contributed by atoms with Gasteiger partial charge in [0.25, 0.3) is 5.60 Å². The van der Waals surface area contributed by atoms with Crippen LogP contribution >= 0.6 is 0 Å². The first-order chi connectivity index (χ1) is 5.06. The van der Waals surface area contributed by atoms with Gasteiger partial charge in [-0.15, -0.1) is 0 Å². The van der Waals surface area contributed by atoms with Crippen molar-refractivity contribution in [3.8, 4) is 0 Å². The molecular weight excluding hydrogens is 291 g/mol. The first kappa shape index (κ1) is 20.1. The van der Waals surface area contributed by atoms with Gasteiger partial charge < -0.3 is 12.5 Å². The Hall–Kier alpha value is 0.644. The minimum atomic E-state index is -5.68. The second-order valence-electron chi connectivity index (χ2n) is 2.21. The van der Waals surface area contributed by atoms with Crippen LogP contribution < -0.4 is 0 Å². The fourth-order valence-corrected chi connectivity index (χ4v) is 0.562. The molecule has 85 valence electrons. The van der Waals surface area contributed by atoms with Crippen molar-refractivity contribution in [3.05, 3.63) is 7.43 Å². The van der Waals surface area contributed by atoms with Crippen molar-refractivity contribution >= 4 is 0 Å². The molecule has 0 aromatic carbocycles. The summed E-state index contributed by atoms with van der Waals surface area (Å²) in [6.07, 6.45) is -12.8. The second-order valence-corrected chi connectivity index (χ2v) is 2.21. The quantitative estimate of drug-likeness (QED) is 0.583. The molecule has 0 aliphatic heterocycles. The molecule has 0 saturated carbocycles. The Morgan fingerprint density at radius 1 is 0.929 bits per heavy atom. The molecule has 0 rings (SSSR count). The van der Waals surface area contributed by atoms with Gasteiger partial charge in [0.15, 0.2) is 0 Å². The Morgan fingerprint density at radius 2 is 1.14 bits per heavy atom. The van der Waals surface area contributed by atoms with Gasteiger partial charge in [0.1, 0.15) is 0 Å². The molecule has 0 aromatic heterocycles. The Kier molecular flexibility index (Phi) is 8.12. The Morgan fingerprint density at radius 3 is 1.14 bits per heavy atom. The molecule has 1 N–H and O–H groups in total. The standard InChI is InChI=1S/C5H6F6O.CH3.Y/c1-2-3(12,4(6,7)8)5(9,10)11;;/h12H,2H2,1H3;1H3;/q;-1;. The van der Waals surface area contributed by atoms with Crippen molar-refractivity contribution in [1.82, 2.24) is 0 Å². The van der Waals surface area contributed by atoms with E-state index >= 15 is 0 Å². The minimum absolute atomic E-state index is 0. The zero-order valence-electron chi connectivity index (χ0n) is 7.50. The van der Waals surface area contributed by atoms with Crippen molar-refractivity contribution < 1.29 is 64.2 Å². The van der Waals surface area contributed by atoms with Crippen LogP contribution in [-0.2, 0) is 32.7 Å². The van der Waals surface area contributed by atoms with Crippen LogP contribution in [0.1, 0.15) is 13.3 Å². The molecule has 0 aliphatic rings. The molecule has 0 amide bonds. The Balaban J connectivity index is -0.000000605. The summed E-state index contributed by atoms with van der Waals surface area (Å²) in [4.78, 5) is 0. The van der Waals surface area contributed by atoms with Gasteiger partial charge in [-0.25, -0.2) is 0 Å². The van der Waals surface area contributed by atoms with E-state index in [1.165, 1.54) is 0 Å². The van der Waals surface area contributed by atoms with Crippen molar-refractivity contribution in [1.29, 1.82) is 0 Å². The molecule has 8 heteroatoms. The molecule has 0 aliphatic carbocycles.